The lowest BCUT2D eigenvalue weighted by atomic mass is 9.98. The van der Waals surface area contributed by atoms with Crippen LogP contribution in [0.2, 0.25) is 0 Å². The first-order chi connectivity index (χ1) is 12.6. The Kier molecular flexibility index (Phi) is 5.83. The van der Waals surface area contributed by atoms with Gasteiger partial charge in [-0.05, 0) is 49.1 Å². The quantitative estimate of drug-likeness (QED) is 0.665. The van der Waals surface area contributed by atoms with Crippen molar-refractivity contribution in [2.75, 3.05) is 13.2 Å². The smallest absolute Gasteiger partial charge is 0.155 e. The summed E-state index contributed by atoms with van der Waals surface area (Å²) in [6, 6.07) is 9.28. The summed E-state index contributed by atoms with van der Waals surface area (Å²) in [4.78, 5) is 4.26. The van der Waals surface area contributed by atoms with Crippen LogP contribution in [0.1, 0.15) is 25.8 Å². The molecular weight excluding hydrogens is 331 g/mol. The van der Waals surface area contributed by atoms with Crippen LogP contribution in [0.3, 0.4) is 0 Å². The number of aromatic nitrogens is 3. The zero-order valence-electron chi connectivity index (χ0n) is 15.2. The van der Waals surface area contributed by atoms with Gasteiger partial charge >= 0.3 is 0 Å². The molecule has 0 spiro atoms. The Balaban J connectivity index is 1.79. The van der Waals surface area contributed by atoms with Crippen molar-refractivity contribution in [3.8, 4) is 17.0 Å². The largest absolute Gasteiger partial charge is 0.493 e. The molecule has 2 N–H and O–H groups in total. The molecule has 0 saturated heterocycles. The molecule has 5 nitrogen and oxygen atoms in total. The van der Waals surface area contributed by atoms with E-state index in [1.807, 2.05) is 30.3 Å². The summed E-state index contributed by atoms with van der Waals surface area (Å²) in [6.45, 7) is 4.89. The fourth-order valence-electron chi connectivity index (χ4n) is 3.12. The molecule has 0 aliphatic heterocycles. The van der Waals surface area contributed by atoms with Gasteiger partial charge in [0.15, 0.2) is 5.65 Å². The van der Waals surface area contributed by atoms with Crippen molar-refractivity contribution in [2.45, 2.75) is 26.9 Å². The van der Waals surface area contributed by atoms with E-state index in [0.717, 1.165) is 23.3 Å². The van der Waals surface area contributed by atoms with Gasteiger partial charge in [-0.1, -0.05) is 13.8 Å². The van der Waals surface area contributed by atoms with Gasteiger partial charge in [0, 0.05) is 23.4 Å². The summed E-state index contributed by atoms with van der Waals surface area (Å²) in [5, 5.41) is 4.29. The number of ether oxygens (including phenoxy) is 1. The first-order valence-electron chi connectivity index (χ1n) is 8.93. The van der Waals surface area contributed by atoms with E-state index >= 15 is 0 Å². The van der Waals surface area contributed by atoms with Crippen LogP contribution in [0.25, 0.3) is 16.9 Å². The third kappa shape index (κ3) is 4.02. The molecule has 0 radical (unpaired) electrons. The Morgan fingerprint density at radius 2 is 2.00 bits per heavy atom. The SMILES string of the molecule is CC(CN)CC(C)COc1ccc(-c2ccnc3ccnn23)cc1CF. The topological polar surface area (TPSA) is 65.4 Å². The van der Waals surface area contributed by atoms with E-state index in [4.69, 9.17) is 10.5 Å². The molecule has 2 atom stereocenters. The summed E-state index contributed by atoms with van der Waals surface area (Å²) in [7, 11) is 0. The van der Waals surface area contributed by atoms with E-state index in [0.29, 0.717) is 36.3 Å². The minimum absolute atomic E-state index is 0.365. The van der Waals surface area contributed by atoms with Crippen LogP contribution >= 0.6 is 0 Å². The molecule has 3 aromatic rings. The highest BCUT2D eigenvalue weighted by Crippen LogP contribution is 2.28. The number of fused-ring (bicyclic) bond motifs is 1. The molecule has 0 aliphatic carbocycles. The summed E-state index contributed by atoms with van der Waals surface area (Å²) < 4.78 is 21.2. The van der Waals surface area contributed by atoms with Gasteiger partial charge < -0.3 is 10.5 Å². The number of benzene rings is 1. The lowest BCUT2D eigenvalue weighted by Crippen LogP contribution is -2.18. The maximum Gasteiger partial charge on any atom is 0.155 e. The maximum atomic E-state index is 13.6. The maximum absolute atomic E-state index is 13.6. The number of rotatable bonds is 8. The standard InChI is InChI=1S/C20H25FN4O/c1-14(12-22)9-15(2)13-26-19-4-3-16(10-17(19)11-21)18-5-7-23-20-6-8-24-25(18)20/h3-8,10,14-15H,9,11-13,22H2,1-2H3. The average molecular weight is 356 g/mol. The van der Waals surface area contributed by atoms with Crippen molar-refractivity contribution in [3.63, 3.8) is 0 Å². The molecule has 26 heavy (non-hydrogen) atoms. The summed E-state index contributed by atoms with van der Waals surface area (Å²) in [5.74, 6) is 1.42. The van der Waals surface area contributed by atoms with Crippen LogP contribution in [-0.2, 0) is 6.67 Å². The predicted molar refractivity (Wildman–Crippen MR) is 101 cm³/mol. The molecule has 0 saturated carbocycles. The van der Waals surface area contributed by atoms with Crippen LogP contribution in [0.4, 0.5) is 4.39 Å². The van der Waals surface area contributed by atoms with Gasteiger partial charge in [-0.15, -0.1) is 0 Å². The van der Waals surface area contributed by atoms with Crippen LogP contribution in [-0.4, -0.2) is 27.7 Å². The molecule has 2 aromatic heterocycles. The fourth-order valence-corrected chi connectivity index (χ4v) is 3.12. The first-order valence-corrected chi connectivity index (χ1v) is 8.93. The van der Waals surface area contributed by atoms with Crippen LogP contribution in [0.15, 0.2) is 42.7 Å². The van der Waals surface area contributed by atoms with Crippen molar-refractivity contribution in [1.82, 2.24) is 14.6 Å². The summed E-state index contributed by atoms with van der Waals surface area (Å²) in [5.41, 5.74) is 8.72. The third-order valence-electron chi connectivity index (χ3n) is 4.52. The lowest BCUT2D eigenvalue weighted by molar-refractivity contribution is 0.233. The van der Waals surface area contributed by atoms with Gasteiger partial charge in [0.25, 0.3) is 0 Å². The van der Waals surface area contributed by atoms with E-state index in [9.17, 15) is 4.39 Å². The van der Waals surface area contributed by atoms with E-state index in [-0.39, 0.29) is 0 Å². The number of alkyl halides is 1. The van der Waals surface area contributed by atoms with Crippen LogP contribution < -0.4 is 10.5 Å². The van der Waals surface area contributed by atoms with E-state index < -0.39 is 6.67 Å². The monoisotopic (exact) mass is 356 g/mol. The van der Waals surface area contributed by atoms with E-state index in [1.165, 1.54) is 0 Å². The molecule has 138 valence electrons. The zero-order chi connectivity index (χ0) is 18.5. The number of hydrogen-bond donors (Lipinski definition) is 1. The molecule has 6 heteroatoms. The number of nitrogens with two attached hydrogens (primary N) is 1. The van der Waals surface area contributed by atoms with Crippen molar-refractivity contribution < 1.29 is 9.13 Å². The van der Waals surface area contributed by atoms with E-state index in [1.54, 1.807) is 16.9 Å². The summed E-state index contributed by atoms with van der Waals surface area (Å²) in [6.07, 6.45) is 4.42. The Hall–Kier alpha value is -2.47. The molecule has 0 bridgehead atoms. The Morgan fingerprint density at radius 1 is 1.15 bits per heavy atom. The van der Waals surface area contributed by atoms with Gasteiger partial charge in [-0.3, -0.25) is 0 Å². The molecule has 0 aliphatic rings. The van der Waals surface area contributed by atoms with Crippen molar-refractivity contribution in [3.05, 3.63) is 48.3 Å². The zero-order valence-corrected chi connectivity index (χ0v) is 15.2. The second-order valence-corrected chi connectivity index (χ2v) is 6.88. The van der Waals surface area contributed by atoms with Crippen molar-refractivity contribution in [1.29, 1.82) is 0 Å². The lowest BCUT2D eigenvalue weighted by Gasteiger charge is -2.18. The van der Waals surface area contributed by atoms with Gasteiger partial charge in [0.2, 0.25) is 0 Å². The van der Waals surface area contributed by atoms with Crippen molar-refractivity contribution in [2.24, 2.45) is 17.6 Å². The second kappa shape index (κ2) is 8.27. The fraction of sp³-hybridized carbons (Fsp3) is 0.400. The third-order valence-corrected chi connectivity index (χ3v) is 4.52. The predicted octanol–water partition coefficient (Wildman–Crippen LogP) is 3.87. The van der Waals surface area contributed by atoms with Gasteiger partial charge in [0.1, 0.15) is 12.4 Å². The Labute approximate surface area is 153 Å². The number of hydrogen-bond acceptors (Lipinski definition) is 4. The molecule has 0 amide bonds. The normalized spacial score (nSPS) is 13.7. The van der Waals surface area contributed by atoms with Crippen molar-refractivity contribution >= 4 is 5.65 Å². The Morgan fingerprint density at radius 3 is 2.77 bits per heavy atom. The highest BCUT2D eigenvalue weighted by Gasteiger charge is 2.12. The first kappa shape index (κ1) is 18.3. The van der Waals surface area contributed by atoms with Gasteiger partial charge in [0.05, 0.1) is 18.5 Å². The second-order valence-electron chi connectivity index (χ2n) is 6.88. The summed E-state index contributed by atoms with van der Waals surface area (Å²) >= 11 is 0. The Bertz CT molecular complexity index is 864. The molecule has 0 fully saturated rings. The minimum Gasteiger partial charge on any atom is -0.493 e. The molecular formula is C20H25FN4O. The molecule has 3 rings (SSSR count). The molecule has 1 aromatic carbocycles. The van der Waals surface area contributed by atoms with Gasteiger partial charge in [-0.2, -0.15) is 5.10 Å². The van der Waals surface area contributed by atoms with Crippen LogP contribution in [0.5, 0.6) is 5.75 Å². The van der Waals surface area contributed by atoms with E-state index in [2.05, 4.69) is 23.9 Å². The van der Waals surface area contributed by atoms with Gasteiger partial charge in [-0.25, -0.2) is 13.9 Å². The minimum atomic E-state index is -0.579. The number of halogens is 1. The number of nitrogens with zero attached hydrogens (tertiary/aromatic N) is 3. The highest BCUT2D eigenvalue weighted by molar-refractivity contribution is 5.64. The van der Waals surface area contributed by atoms with Crippen LogP contribution in [0, 0.1) is 11.8 Å². The highest BCUT2D eigenvalue weighted by atomic mass is 19.1. The molecule has 2 unspecified atom stereocenters. The molecule has 2 heterocycles. The average Bonchev–Trinajstić information content (AvgIpc) is 3.15.